The summed E-state index contributed by atoms with van der Waals surface area (Å²) in [6, 6.07) is 9.46. The summed E-state index contributed by atoms with van der Waals surface area (Å²) in [6.07, 6.45) is 11.6. The fourth-order valence-electron chi connectivity index (χ4n) is 7.37. The van der Waals surface area contributed by atoms with E-state index in [4.69, 9.17) is 0 Å². The highest BCUT2D eigenvalue weighted by Crippen LogP contribution is 2.65. The lowest BCUT2D eigenvalue weighted by molar-refractivity contribution is 0.378. The van der Waals surface area contributed by atoms with Gasteiger partial charge in [0.1, 0.15) is 0 Å². The van der Waals surface area contributed by atoms with Crippen molar-refractivity contribution in [1.29, 1.82) is 0 Å². The molecule has 0 bridgehead atoms. The molecule has 1 aromatic carbocycles. The van der Waals surface area contributed by atoms with Crippen LogP contribution in [0, 0.1) is 35.0 Å². The lowest BCUT2D eigenvalue weighted by atomic mass is 9.81. The molecule has 5 unspecified atom stereocenters. The van der Waals surface area contributed by atoms with Gasteiger partial charge in [-0.1, -0.05) is 127 Å². The van der Waals surface area contributed by atoms with Gasteiger partial charge < -0.3 is 10.6 Å². The average molecular weight is 601 g/mol. The van der Waals surface area contributed by atoms with Crippen molar-refractivity contribution in [2.45, 2.75) is 119 Å². The maximum atomic E-state index is 4.65. The summed E-state index contributed by atoms with van der Waals surface area (Å²) in [5.74, 6) is 4.10. The zero-order chi connectivity index (χ0) is 33.6. The minimum atomic E-state index is 0.218. The second kappa shape index (κ2) is 18.9. The van der Waals surface area contributed by atoms with Crippen molar-refractivity contribution >= 4 is 0 Å². The van der Waals surface area contributed by atoms with Gasteiger partial charge in [0.15, 0.2) is 0 Å². The molecular weight excluding hydrogens is 532 g/mol. The van der Waals surface area contributed by atoms with Crippen LogP contribution in [0.5, 0.6) is 0 Å². The Kier molecular flexibility index (Phi) is 16.9. The molecule has 1 fully saturated rings. The Morgan fingerprint density at radius 1 is 0.955 bits per heavy atom. The van der Waals surface area contributed by atoms with E-state index in [9.17, 15) is 0 Å². The molecule has 0 radical (unpaired) electrons. The molecule has 0 spiro atoms. The van der Waals surface area contributed by atoms with Crippen molar-refractivity contribution in [2.75, 3.05) is 0 Å². The first-order valence-electron chi connectivity index (χ1n) is 17.2. The van der Waals surface area contributed by atoms with E-state index in [1.807, 2.05) is 13.0 Å². The third-order valence-electron chi connectivity index (χ3n) is 9.74. The van der Waals surface area contributed by atoms with Crippen LogP contribution in [0.3, 0.4) is 0 Å². The number of rotatable bonds is 16. The van der Waals surface area contributed by atoms with E-state index < -0.39 is 0 Å². The summed E-state index contributed by atoms with van der Waals surface area (Å²) in [4.78, 5) is 0. The van der Waals surface area contributed by atoms with E-state index in [2.05, 4.69) is 130 Å². The van der Waals surface area contributed by atoms with E-state index in [0.29, 0.717) is 35.1 Å². The van der Waals surface area contributed by atoms with E-state index in [1.165, 1.54) is 47.1 Å². The zero-order valence-corrected chi connectivity index (χ0v) is 30.2. The van der Waals surface area contributed by atoms with Crippen LogP contribution < -0.4 is 10.6 Å². The van der Waals surface area contributed by atoms with Gasteiger partial charge >= 0.3 is 0 Å². The van der Waals surface area contributed by atoms with Crippen LogP contribution in [0.15, 0.2) is 98.4 Å². The first-order chi connectivity index (χ1) is 20.7. The molecule has 44 heavy (non-hydrogen) atoms. The van der Waals surface area contributed by atoms with Crippen LogP contribution in [0.25, 0.3) is 0 Å². The van der Waals surface area contributed by atoms with Crippen LogP contribution in [0.4, 0.5) is 0 Å². The number of nitrogens with one attached hydrogen (secondary N) is 2. The topological polar surface area (TPSA) is 24.1 Å². The summed E-state index contributed by atoms with van der Waals surface area (Å²) in [5.41, 5.74) is 7.31. The molecule has 1 saturated carbocycles. The molecule has 3 rings (SSSR count). The molecule has 0 amide bonds. The van der Waals surface area contributed by atoms with E-state index in [0.717, 1.165) is 37.4 Å². The van der Waals surface area contributed by atoms with Gasteiger partial charge in [0.2, 0.25) is 0 Å². The summed E-state index contributed by atoms with van der Waals surface area (Å²) >= 11 is 0. The van der Waals surface area contributed by atoms with Crippen molar-refractivity contribution in [2.24, 2.45) is 35.0 Å². The Bertz CT molecular complexity index is 1080. The van der Waals surface area contributed by atoms with Crippen molar-refractivity contribution < 1.29 is 0 Å². The number of hydrogen-bond acceptors (Lipinski definition) is 2. The van der Waals surface area contributed by atoms with Crippen LogP contribution in [-0.2, 0) is 12.8 Å². The third-order valence-corrected chi connectivity index (χ3v) is 9.74. The van der Waals surface area contributed by atoms with Gasteiger partial charge in [0, 0.05) is 6.04 Å². The fourth-order valence-corrected chi connectivity index (χ4v) is 7.37. The quantitative estimate of drug-likeness (QED) is 0.184. The highest BCUT2D eigenvalue weighted by molar-refractivity contribution is 5.34. The number of fused-ring (bicyclic) bond motifs is 1. The Hall–Kier alpha value is -2.74. The molecule has 2 aliphatic rings. The average Bonchev–Trinajstić information content (AvgIpc) is 3.25. The van der Waals surface area contributed by atoms with E-state index >= 15 is 0 Å². The largest absolute Gasteiger partial charge is 0.370 e. The lowest BCUT2D eigenvalue weighted by Crippen LogP contribution is -2.43. The van der Waals surface area contributed by atoms with Gasteiger partial charge in [-0.3, -0.25) is 0 Å². The molecule has 0 aromatic heterocycles. The molecule has 0 saturated heterocycles. The first-order valence-corrected chi connectivity index (χ1v) is 17.2. The Morgan fingerprint density at radius 3 is 1.91 bits per heavy atom. The molecule has 0 aliphatic heterocycles. The Balaban J connectivity index is 0.000000627. The van der Waals surface area contributed by atoms with Gasteiger partial charge in [-0.05, 0) is 106 Å². The molecule has 2 N–H and O–H groups in total. The zero-order valence-electron chi connectivity index (χ0n) is 30.2. The molecule has 0 heterocycles. The van der Waals surface area contributed by atoms with Crippen molar-refractivity contribution in [1.82, 2.24) is 10.6 Å². The number of benzene rings is 1. The summed E-state index contributed by atoms with van der Waals surface area (Å²) in [5, 5.41) is 7.19. The monoisotopic (exact) mass is 601 g/mol. The number of allylic oxidation sites excluding steroid dienone is 4. The molecule has 2 aliphatic carbocycles. The summed E-state index contributed by atoms with van der Waals surface area (Å²) < 4.78 is 0. The number of hydrogen-bond donors (Lipinski definition) is 2. The standard InChI is InChI=1S/C29H44N2.C10H18.C3H6/c1-10-26-27(29(26,8)9)25(18(2)3)15-20(6)28(31-21(7)30-19(4)5)24-16-22-13-11-12-14-23(22)17-24;1-5-7-9(3)10(4)8-6-2;1-3-2/h11-14,19,24-28,30-31H,2,6-7,10,15-17H2,1,3-5,8-9H3;5,10H,1,3,6-8H2,2,4H3;3H,1H2,2H3. The van der Waals surface area contributed by atoms with Gasteiger partial charge in [0.25, 0.3) is 0 Å². The van der Waals surface area contributed by atoms with Crippen molar-refractivity contribution in [3.8, 4) is 0 Å². The Morgan fingerprint density at radius 2 is 1.50 bits per heavy atom. The van der Waals surface area contributed by atoms with Crippen LogP contribution in [0.1, 0.15) is 106 Å². The van der Waals surface area contributed by atoms with Gasteiger partial charge in [-0.2, -0.15) is 0 Å². The van der Waals surface area contributed by atoms with Crippen LogP contribution in [0.2, 0.25) is 0 Å². The lowest BCUT2D eigenvalue weighted by Gasteiger charge is -2.32. The maximum Gasteiger partial charge on any atom is 0.0919 e. The van der Waals surface area contributed by atoms with Crippen molar-refractivity contribution in [3.05, 3.63) is 110 Å². The first kappa shape index (κ1) is 39.3. The normalized spacial score (nSPS) is 19.9. The third kappa shape index (κ3) is 11.6. The molecule has 5 atom stereocenters. The predicted molar refractivity (Wildman–Crippen MR) is 199 cm³/mol. The molecular formula is C42H68N2. The second-order valence-corrected chi connectivity index (χ2v) is 14.3. The predicted octanol–water partition coefficient (Wildman–Crippen LogP) is 11.4. The highest BCUT2D eigenvalue weighted by Gasteiger charge is 2.59. The fraction of sp³-hybridized carbons (Fsp3) is 0.571. The highest BCUT2D eigenvalue weighted by atomic mass is 15.1. The van der Waals surface area contributed by atoms with Gasteiger partial charge in [0.05, 0.1) is 11.9 Å². The minimum Gasteiger partial charge on any atom is -0.370 e. The van der Waals surface area contributed by atoms with Crippen molar-refractivity contribution in [3.63, 3.8) is 0 Å². The summed E-state index contributed by atoms with van der Waals surface area (Å²) in [6.45, 7) is 44.4. The van der Waals surface area contributed by atoms with E-state index in [-0.39, 0.29) is 6.04 Å². The molecule has 2 nitrogen and oxygen atoms in total. The van der Waals surface area contributed by atoms with Crippen LogP contribution in [-0.4, -0.2) is 12.1 Å². The van der Waals surface area contributed by atoms with E-state index in [1.54, 1.807) is 6.08 Å². The molecule has 2 heteroatoms. The smallest absolute Gasteiger partial charge is 0.0919 e. The summed E-state index contributed by atoms with van der Waals surface area (Å²) in [7, 11) is 0. The SMILES string of the molecule is C=C(NC(C)C)NC(C(=C)CC(C(=C)C)C1C(CC)C1(C)C)C1Cc2ccccc2C1.C=CC.C=CCC(=C)C(C)CCC. The maximum absolute atomic E-state index is 4.65. The van der Waals surface area contributed by atoms with Crippen LogP contribution >= 0.6 is 0 Å². The Labute approximate surface area is 274 Å². The molecule has 1 aromatic rings. The second-order valence-electron chi connectivity index (χ2n) is 14.3. The molecule has 246 valence electrons. The minimum absolute atomic E-state index is 0.218. The van der Waals surface area contributed by atoms with Gasteiger partial charge in [-0.15, -0.1) is 13.2 Å². The van der Waals surface area contributed by atoms with Gasteiger partial charge in [-0.25, -0.2) is 0 Å².